The summed E-state index contributed by atoms with van der Waals surface area (Å²) in [6.45, 7) is -2.12. The number of nitrogen functional groups attached to an aromatic ring is 6. The molecule has 0 bridgehead atoms. The third kappa shape index (κ3) is 19.1. The Kier molecular flexibility index (Phi) is 19.0. The van der Waals surface area contributed by atoms with Crippen molar-refractivity contribution < 1.29 is 61.0 Å². The molecule has 0 radical (unpaired) electrons. The molecule has 0 spiro atoms. The second-order valence-corrected chi connectivity index (χ2v) is 5.35. The van der Waals surface area contributed by atoms with Gasteiger partial charge in [0.2, 0.25) is 0 Å². The molecule has 0 aliphatic heterocycles. The van der Waals surface area contributed by atoms with Gasteiger partial charge in [0.05, 0.1) is 17.9 Å². The van der Waals surface area contributed by atoms with Crippen LogP contribution < -0.4 is 64.6 Å². The Hall–Kier alpha value is -4.93. The highest BCUT2D eigenvalue weighted by molar-refractivity contribution is 5.69. The van der Waals surface area contributed by atoms with Crippen LogP contribution in [-0.2, 0) is 14.4 Å². The summed E-state index contributed by atoms with van der Waals surface area (Å²) in [5, 5.41) is 30.0. The number of nitrogens with two attached hydrogens (primary N) is 6. The van der Waals surface area contributed by atoms with Crippen LogP contribution in [0.3, 0.4) is 0 Å². The van der Waals surface area contributed by atoms with Crippen molar-refractivity contribution in [2.45, 2.75) is 0 Å². The largest absolute Gasteiger partial charge is 0.544 e. The number of anilines is 6. The topological polar surface area (TPSA) is 455 Å². The van der Waals surface area contributed by atoms with Gasteiger partial charge in [-0.25, -0.2) is 9.97 Å². The van der Waals surface area contributed by atoms with Crippen molar-refractivity contribution in [2.75, 3.05) is 54.0 Å². The molecule has 194 valence electrons. The Morgan fingerprint density at radius 3 is 0.941 bits per heavy atom. The predicted octanol–water partition coefficient (Wildman–Crippen LogP) is -13.3. The summed E-state index contributed by atoms with van der Waals surface area (Å²) in [4.78, 5) is 48.9. The van der Waals surface area contributed by atoms with Crippen molar-refractivity contribution in [1.29, 1.82) is 0 Å². The predicted molar refractivity (Wildman–Crippen MR) is 105 cm³/mol. The number of carbonyl (C=O) groups excluding carboxylic acids is 3. The van der Waals surface area contributed by atoms with Crippen molar-refractivity contribution in [3.05, 3.63) is 0 Å². The molecule has 0 saturated carbocycles. The van der Waals surface area contributed by atoms with Crippen molar-refractivity contribution in [1.82, 2.24) is 19.9 Å². The first-order valence-corrected chi connectivity index (χ1v) is 7.87. The Labute approximate surface area is 189 Å². The third-order valence-electron chi connectivity index (χ3n) is 2.64. The molecule has 21 N–H and O–H groups in total. The number of rotatable bonds is 6. The first-order valence-electron chi connectivity index (χ1n) is 7.87. The van der Waals surface area contributed by atoms with Crippen LogP contribution in [-0.4, -0.2) is 73.9 Å². The van der Waals surface area contributed by atoms with Gasteiger partial charge in [-0.2, -0.15) is 0 Å². The van der Waals surface area contributed by atoms with Crippen LogP contribution in [0.4, 0.5) is 35.7 Å². The van der Waals surface area contributed by atoms with E-state index in [-0.39, 0.29) is 57.0 Å². The fourth-order valence-electron chi connectivity index (χ4n) is 1.72. The Balaban J connectivity index is -0.000000194. The molecule has 22 heteroatoms. The summed E-state index contributed by atoms with van der Waals surface area (Å²) in [6.07, 6.45) is 0. The van der Waals surface area contributed by atoms with E-state index in [1.165, 1.54) is 0 Å². The number of aromatic nitrogens is 6. The molecule has 34 heavy (non-hydrogen) atoms. The lowest BCUT2D eigenvalue weighted by Gasteiger charge is -2.20. The van der Waals surface area contributed by atoms with Crippen LogP contribution in [0.5, 0.6) is 0 Å². The number of aliphatic carboxylic acids is 3. The van der Waals surface area contributed by atoms with Gasteiger partial charge >= 0.3 is 35.7 Å². The highest BCUT2D eigenvalue weighted by Crippen LogP contribution is 1.92. The maximum absolute atomic E-state index is 10.0. The molecule has 2 rings (SSSR count). The summed E-state index contributed by atoms with van der Waals surface area (Å²) in [5.41, 5.74) is 31.1. The van der Waals surface area contributed by atoms with Gasteiger partial charge < -0.3 is 85.4 Å². The van der Waals surface area contributed by atoms with Crippen LogP contribution in [0.15, 0.2) is 0 Å². The molecule has 0 saturated heterocycles. The van der Waals surface area contributed by atoms with Gasteiger partial charge in [0.1, 0.15) is 19.6 Å². The fourth-order valence-corrected chi connectivity index (χ4v) is 1.72. The normalized spacial score (nSPS) is 8.74. The van der Waals surface area contributed by atoms with Crippen molar-refractivity contribution >= 4 is 53.6 Å². The molecule has 2 aromatic rings. The number of carboxylic acids is 3. The van der Waals surface area contributed by atoms with Gasteiger partial charge in [-0.3, -0.25) is 0 Å². The number of aromatic amines is 2. The standard InChI is InChI=1S/C6H9NO6.2C3H6N6.3H2O/c8-4(9)1-7(2-5(10)11)3-6(12)13;2*4-1-7-2(5)9-3(6)8-1;;;/h1-3H2,(H,8,9)(H,10,11)(H,12,13);2*(H6,4,5,6,7,8,9);3*1H2. The third-order valence-corrected chi connectivity index (χ3v) is 2.64. The lowest BCUT2D eigenvalue weighted by Crippen LogP contribution is -3.15. The van der Waals surface area contributed by atoms with Gasteiger partial charge in [0.15, 0.2) is 0 Å². The van der Waals surface area contributed by atoms with Gasteiger partial charge in [-0.15, -0.1) is 0 Å². The number of hydrogen-bond donors (Lipinski definition) is 7. The summed E-state index contributed by atoms with van der Waals surface area (Å²) >= 11 is 0. The molecule has 0 aliphatic rings. The first-order chi connectivity index (χ1) is 14.3. The summed E-state index contributed by atoms with van der Waals surface area (Å²) in [6, 6.07) is 0. The van der Waals surface area contributed by atoms with Gasteiger partial charge in [0.25, 0.3) is 0 Å². The van der Waals surface area contributed by atoms with Gasteiger partial charge in [-0.1, -0.05) is 19.9 Å². The molecule has 2 aromatic heterocycles. The lowest BCUT2D eigenvalue weighted by atomic mass is 10.4. The maximum atomic E-state index is 10.0. The molecular weight excluding hydrogens is 470 g/mol. The lowest BCUT2D eigenvalue weighted by molar-refractivity contribution is -0.883. The molecule has 0 fully saturated rings. The van der Waals surface area contributed by atoms with E-state index in [0.29, 0.717) is 0 Å². The van der Waals surface area contributed by atoms with Crippen molar-refractivity contribution in [3.8, 4) is 0 Å². The number of H-pyrrole nitrogens is 2. The molecule has 2 heterocycles. The Morgan fingerprint density at radius 1 is 0.588 bits per heavy atom. The number of quaternary nitrogens is 1. The Morgan fingerprint density at radius 2 is 0.794 bits per heavy atom. The zero-order valence-corrected chi connectivity index (χ0v) is 17.3. The van der Waals surface area contributed by atoms with Crippen LogP contribution in [0.2, 0.25) is 0 Å². The summed E-state index contributed by atoms with van der Waals surface area (Å²) in [5.74, 6) is -3.78. The molecule has 0 atom stereocenters. The van der Waals surface area contributed by atoms with Crippen LogP contribution >= 0.6 is 0 Å². The minimum atomic E-state index is -1.53. The van der Waals surface area contributed by atoms with E-state index in [0.717, 1.165) is 0 Å². The van der Waals surface area contributed by atoms with Crippen LogP contribution in [0.25, 0.3) is 0 Å². The van der Waals surface area contributed by atoms with E-state index in [2.05, 4.69) is 29.9 Å². The number of carbonyl (C=O) groups is 3. The summed E-state index contributed by atoms with van der Waals surface area (Å²) in [7, 11) is 0. The second kappa shape index (κ2) is 17.7. The maximum Gasteiger partial charge on any atom is 0.320 e. The smallest absolute Gasteiger partial charge is 0.320 e. The molecule has 0 amide bonds. The van der Waals surface area contributed by atoms with E-state index in [4.69, 9.17) is 34.4 Å². The zero-order valence-electron chi connectivity index (χ0n) is 17.3. The zero-order chi connectivity index (χ0) is 24.1. The van der Waals surface area contributed by atoms with E-state index >= 15 is 0 Å². The number of hydrogen-bond acceptors (Lipinski definition) is 16. The van der Waals surface area contributed by atoms with Crippen molar-refractivity contribution in [3.63, 3.8) is 0 Å². The highest BCUT2D eigenvalue weighted by atomic mass is 16.4. The Bertz CT molecular complexity index is 728. The molecule has 0 aromatic carbocycles. The van der Waals surface area contributed by atoms with E-state index in [9.17, 15) is 29.7 Å². The molecule has 0 unspecified atom stereocenters. The number of nitrogens with zero attached hydrogens (tertiary/aromatic N) is 4. The molecule has 0 aliphatic carbocycles. The molecule has 22 nitrogen and oxygen atoms in total. The second-order valence-electron chi connectivity index (χ2n) is 5.35. The molecular formula is C12H27N13O9. The monoisotopic (exact) mass is 497 g/mol. The number of carboxylic acid groups (broad SMARTS) is 3. The summed E-state index contributed by atoms with van der Waals surface area (Å²) < 4.78 is 0. The van der Waals surface area contributed by atoms with E-state index < -0.39 is 37.5 Å². The SMILES string of the molecule is Nc1nc(N)[nH+]c(N)n1.Nc1nc(N)[nH+]c(N)n1.O.O.O.O=C([O-])C[NH+](CC(=O)[O-])CC(=O)[O-]. The average molecular weight is 497 g/mol. The quantitative estimate of drug-likeness (QED) is 0.194. The van der Waals surface area contributed by atoms with Crippen LogP contribution in [0.1, 0.15) is 0 Å². The first kappa shape index (κ1) is 36.4. The van der Waals surface area contributed by atoms with Gasteiger partial charge in [0, 0.05) is 0 Å². The van der Waals surface area contributed by atoms with Crippen molar-refractivity contribution in [2.24, 2.45) is 0 Å². The van der Waals surface area contributed by atoms with E-state index in [1.807, 2.05) is 0 Å². The van der Waals surface area contributed by atoms with Gasteiger partial charge in [-0.05, 0) is 0 Å². The number of nitrogens with one attached hydrogen (secondary N) is 3. The minimum Gasteiger partial charge on any atom is -0.544 e. The van der Waals surface area contributed by atoms with Crippen LogP contribution in [0, 0.1) is 0 Å². The average Bonchev–Trinajstić information content (AvgIpc) is 2.50. The minimum absolute atomic E-state index is 0. The fraction of sp³-hybridized carbons (Fsp3) is 0.250. The highest BCUT2D eigenvalue weighted by Gasteiger charge is 2.09. The van der Waals surface area contributed by atoms with E-state index in [1.54, 1.807) is 0 Å².